The van der Waals surface area contributed by atoms with E-state index in [0.717, 1.165) is 65.6 Å². The highest BCUT2D eigenvalue weighted by molar-refractivity contribution is 7.92. The zero-order valence-corrected chi connectivity index (χ0v) is 18.5. The molecule has 0 spiro atoms. The van der Waals surface area contributed by atoms with Crippen LogP contribution in [-0.4, -0.2) is 25.4 Å². The van der Waals surface area contributed by atoms with Gasteiger partial charge in [-0.25, -0.2) is 0 Å². The molecule has 0 radical (unpaired) electrons. The molecule has 31 heavy (non-hydrogen) atoms. The fourth-order valence-electron chi connectivity index (χ4n) is 4.58. The van der Waals surface area contributed by atoms with Gasteiger partial charge in [0.2, 0.25) is 0 Å². The van der Waals surface area contributed by atoms with E-state index in [9.17, 15) is 9.35 Å². The van der Waals surface area contributed by atoms with Crippen LogP contribution in [0.3, 0.4) is 0 Å². The van der Waals surface area contributed by atoms with Gasteiger partial charge in [0, 0.05) is 72.5 Å². The fourth-order valence-corrected chi connectivity index (χ4v) is 5.97. The number of pyridine rings is 1. The highest BCUT2D eigenvalue weighted by Gasteiger charge is 2.36. The van der Waals surface area contributed by atoms with Crippen LogP contribution in [0, 0.1) is 18.3 Å². The summed E-state index contributed by atoms with van der Waals surface area (Å²) in [6.45, 7) is 0. The topological polar surface area (TPSA) is 72.9 Å². The maximum atomic E-state index is 12.9. The number of aromatic amines is 1. The SMILES string of the molecule is C#C[C@H]1CC[C@H](Nc2ccc([S@+]([O-])C3CC3)cc2-c2cn(C)c(=O)c3[nH]ccc23)CC1. The van der Waals surface area contributed by atoms with E-state index < -0.39 is 11.2 Å². The standard InChI is InChI=1S/C25H27N3O2S/c1-3-16-4-6-17(7-5-16)27-23-11-10-19(31(30)18-8-9-18)14-21(23)22-15-28(2)25(29)24-20(22)12-13-26-24/h1,10-18,26-27H,4-9H2,2H3/t16-,17-,31-/m1/s1. The zero-order valence-electron chi connectivity index (χ0n) is 17.7. The second-order valence-electron chi connectivity index (χ2n) is 8.79. The summed E-state index contributed by atoms with van der Waals surface area (Å²) in [4.78, 5) is 16.5. The number of aryl methyl sites for hydroxylation is 1. The summed E-state index contributed by atoms with van der Waals surface area (Å²) >= 11 is -0.989. The van der Waals surface area contributed by atoms with Crippen LogP contribution < -0.4 is 10.9 Å². The van der Waals surface area contributed by atoms with E-state index in [2.05, 4.69) is 28.4 Å². The molecule has 5 rings (SSSR count). The van der Waals surface area contributed by atoms with E-state index in [4.69, 9.17) is 6.42 Å². The van der Waals surface area contributed by atoms with Crippen LogP contribution in [0.25, 0.3) is 22.0 Å². The molecule has 2 aliphatic carbocycles. The number of rotatable bonds is 5. The Morgan fingerprint density at radius 2 is 1.94 bits per heavy atom. The number of H-pyrrole nitrogens is 1. The van der Waals surface area contributed by atoms with E-state index in [0.29, 0.717) is 17.5 Å². The number of benzene rings is 1. The normalized spacial score (nSPS) is 22.2. The van der Waals surface area contributed by atoms with Gasteiger partial charge in [-0.1, -0.05) is 0 Å². The number of hydrogen-bond acceptors (Lipinski definition) is 3. The molecule has 0 bridgehead atoms. The third kappa shape index (κ3) is 3.88. The first-order valence-electron chi connectivity index (χ1n) is 11.0. The molecule has 2 N–H and O–H groups in total. The van der Waals surface area contributed by atoms with E-state index in [1.165, 1.54) is 0 Å². The van der Waals surface area contributed by atoms with Crippen molar-refractivity contribution in [2.45, 2.75) is 54.7 Å². The number of nitrogens with zero attached hydrogens (tertiary/aromatic N) is 1. The second kappa shape index (κ2) is 8.14. The van der Waals surface area contributed by atoms with Gasteiger partial charge >= 0.3 is 0 Å². The first-order chi connectivity index (χ1) is 15.0. The molecule has 2 heterocycles. The van der Waals surface area contributed by atoms with Gasteiger partial charge in [0.25, 0.3) is 5.56 Å². The van der Waals surface area contributed by atoms with Gasteiger partial charge < -0.3 is 19.4 Å². The first-order valence-corrected chi connectivity index (χ1v) is 12.2. The van der Waals surface area contributed by atoms with E-state index in [1.807, 2.05) is 18.3 Å². The van der Waals surface area contributed by atoms with Crippen LogP contribution in [0.2, 0.25) is 0 Å². The van der Waals surface area contributed by atoms with Gasteiger partial charge in [0.05, 0.1) is 0 Å². The molecule has 160 valence electrons. The molecule has 2 saturated carbocycles. The average molecular weight is 434 g/mol. The van der Waals surface area contributed by atoms with Gasteiger partial charge in [-0.05, 0) is 55.1 Å². The summed E-state index contributed by atoms with van der Waals surface area (Å²) in [5.41, 5.74) is 3.51. The lowest BCUT2D eigenvalue weighted by atomic mass is 9.86. The summed E-state index contributed by atoms with van der Waals surface area (Å²) < 4.78 is 14.5. The van der Waals surface area contributed by atoms with Gasteiger partial charge in [-0.2, -0.15) is 0 Å². The Kier molecular flexibility index (Phi) is 5.33. The highest BCUT2D eigenvalue weighted by atomic mass is 32.2. The second-order valence-corrected chi connectivity index (χ2v) is 10.5. The van der Waals surface area contributed by atoms with Crippen molar-refractivity contribution in [1.82, 2.24) is 9.55 Å². The molecule has 6 heteroatoms. The smallest absolute Gasteiger partial charge is 0.274 e. The van der Waals surface area contributed by atoms with Crippen molar-refractivity contribution in [1.29, 1.82) is 0 Å². The third-order valence-electron chi connectivity index (χ3n) is 6.56. The zero-order chi connectivity index (χ0) is 21.5. The maximum absolute atomic E-state index is 12.9. The molecule has 5 nitrogen and oxygen atoms in total. The first kappa shape index (κ1) is 20.3. The lowest BCUT2D eigenvalue weighted by molar-refractivity contribution is 0.400. The minimum absolute atomic E-state index is 0.0522. The lowest BCUT2D eigenvalue weighted by Crippen LogP contribution is -2.26. The van der Waals surface area contributed by atoms with E-state index in [-0.39, 0.29) is 10.8 Å². The number of nitrogens with one attached hydrogen (secondary N) is 2. The fraction of sp³-hybridized carbons (Fsp3) is 0.400. The molecule has 0 amide bonds. The van der Waals surface area contributed by atoms with Crippen LogP contribution in [-0.2, 0) is 18.2 Å². The molecule has 1 aromatic carbocycles. The van der Waals surface area contributed by atoms with Crippen LogP contribution in [0.1, 0.15) is 38.5 Å². The molecular weight excluding hydrogens is 406 g/mol. The number of terminal acetylenes is 1. The molecule has 0 aliphatic heterocycles. The Labute approximate surface area is 185 Å². The average Bonchev–Trinajstić information content (AvgIpc) is 3.53. The third-order valence-corrected chi connectivity index (χ3v) is 8.35. The lowest BCUT2D eigenvalue weighted by Gasteiger charge is -2.28. The minimum atomic E-state index is -0.989. The maximum Gasteiger partial charge on any atom is 0.274 e. The Morgan fingerprint density at radius 3 is 2.65 bits per heavy atom. The summed E-state index contributed by atoms with van der Waals surface area (Å²) in [5, 5.41) is 4.89. The van der Waals surface area contributed by atoms with E-state index in [1.54, 1.807) is 17.8 Å². The molecule has 1 atom stereocenters. The van der Waals surface area contributed by atoms with Crippen LogP contribution >= 0.6 is 0 Å². The summed E-state index contributed by atoms with van der Waals surface area (Å²) in [5.74, 6) is 3.27. The summed E-state index contributed by atoms with van der Waals surface area (Å²) in [6.07, 6.45) is 15.5. The van der Waals surface area contributed by atoms with Crippen molar-refractivity contribution >= 4 is 27.8 Å². The molecule has 2 aliphatic rings. The Morgan fingerprint density at radius 1 is 1.16 bits per heavy atom. The predicted octanol–water partition coefficient (Wildman–Crippen LogP) is 4.41. The van der Waals surface area contributed by atoms with Crippen LogP contribution in [0.4, 0.5) is 5.69 Å². The summed E-state index contributed by atoms with van der Waals surface area (Å²) in [6, 6.07) is 8.40. The molecule has 0 saturated heterocycles. The van der Waals surface area contributed by atoms with Gasteiger partial charge in [0.1, 0.15) is 10.8 Å². The summed E-state index contributed by atoms with van der Waals surface area (Å²) in [7, 11) is 1.77. The minimum Gasteiger partial charge on any atom is -0.611 e. The van der Waals surface area contributed by atoms with Gasteiger partial charge in [0.15, 0.2) is 4.90 Å². The van der Waals surface area contributed by atoms with Crippen LogP contribution in [0.15, 0.2) is 46.3 Å². The van der Waals surface area contributed by atoms with E-state index >= 15 is 0 Å². The van der Waals surface area contributed by atoms with Crippen molar-refractivity contribution in [3.05, 3.63) is 47.0 Å². The Hall–Kier alpha value is -2.62. The van der Waals surface area contributed by atoms with Crippen molar-refractivity contribution < 1.29 is 4.55 Å². The van der Waals surface area contributed by atoms with Crippen molar-refractivity contribution in [2.24, 2.45) is 13.0 Å². The quantitative estimate of drug-likeness (QED) is 0.462. The number of anilines is 1. The Bertz CT molecular complexity index is 1210. The highest BCUT2D eigenvalue weighted by Crippen LogP contribution is 2.39. The monoisotopic (exact) mass is 433 g/mol. The molecule has 3 aromatic rings. The van der Waals surface area contributed by atoms with Gasteiger partial charge in [-0.15, -0.1) is 12.3 Å². The van der Waals surface area contributed by atoms with Crippen molar-refractivity contribution in [3.63, 3.8) is 0 Å². The van der Waals surface area contributed by atoms with Crippen LogP contribution in [0.5, 0.6) is 0 Å². The molecular formula is C25H27N3O2S. The number of hydrogen-bond donors (Lipinski definition) is 2. The Balaban J connectivity index is 1.58. The van der Waals surface area contributed by atoms with Gasteiger partial charge in [-0.3, -0.25) is 4.79 Å². The predicted molar refractivity (Wildman–Crippen MR) is 127 cm³/mol. The number of fused-ring (bicyclic) bond motifs is 1. The molecule has 0 unspecified atom stereocenters. The van der Waals surface area contributed by atoms with Crippen molar-refractivity contribution in [2.75, 3.05) is 5.32 Å². The van der Waals surface area contributed by atoms with Crippen molar-refractivity contribution in [3.8, 4) is 23.5 Å². The molecule has 2 fully saturated rings. The largest absolute Gasteiger partial charge is 0.611 e. The molecule has 2 aromatic heterocycles. The number of aromatic nitrogens is 2.